The third-order valence-electron chi connectivity index (χ3n) is 3.85. The fourth-order valence-corrected chi connectivity index (χ4v) is 2.47. The molecule has 7 nitrogen and oxygen atoms in total. The number of quaternary nitrogens is 1. The maximum absolute atomic E-state index is 12.1. The van der Waals surface area contributed by atoms with Gasteiger partial charge in [0, 0.05) is 25.8 Å². The van der Waals surface area contributed by atoms with Crippen LogP contribution in [0.2, 0.25) is 0 Å². The Hall–Kier alpha value is -1.83. The van der Waals surface area contributed by atoms with Crippen LogP contribution in [-0.2, 0) is 20.8 Å². The van der Waals surface area contributed by atoms with Crippen molar-refractivity contribution in [1.82, 2.24) is 4.90 Å². The van der Waals surface area contributed by atoms with Gasteiger partial charge in [-0.25, -0.2) is 0 Å². The predicted molar refractivity (Wildman–Crippen MR) is 88.3 cm³/mol. The number of ether oxygens (including phenoxy) is 4. The first-order valence-electron chi connectivity index (χ1n) is 8.20. The van der Waals surface area contributed by atoms with E-state index in [1.54, 1.807) is 19.1 Å². The molecule has 0 unspecified atom stereocenters. The van der Waals surface area contributed by atoms with Gasteiger partial charge in [0.25, 0.3) is 5.91 Å². The Morgan fingerprint density at radius 3 is 2.75 bits per heavy atom. The van der Waals surface area contributed by atoms with Gasteiger partial charge in [0.05, 0.1) is 33.5 Å². The Morgan fingerprint density at radius 1 is 1.25 bits per heavy atom. The number of nitrogens with zero attached hydrogens (tertiary/aromatic N) is 1. The quantitative estimate of drug-likeness (QED) is 0.622. The highest BCUT2D eigenvalue weighted by molar-refractivity contribution is 5.78. The molecule has 2 rings (SSSR count). The minimum Gasteiger partial charge on any atom is -0.493 e. The van der Waals surface area contributed by atoms with Gasteiger partial charge in [0.15, 0.2) is 18.1 Å². The number of amides is 1. The number of benzene rings is 1. The SMILES string of the molecule is COCC[NH2+]Cc1ccc(OCC(=O)N2CCOCC2)c(OC)c1. The van der Waals surface area contributed by atoms with Gasteiger partial charge in [-0.15, -0.1) is 0 Å². The molecule has 1 amide bonds. The molecule has 0 radical (unpaired) electrons. The third-order valence-corrected chi connectivity index (χ3v) is 3.85. The van der Waals surface area contributed by atoms with E-state index in [1.807, 2.05) is 18.2 Å². The largest absolute Gasteiger partial charge is 0.493 e. The Bertz CT molecular complexity index is 518. The maximum Gasteiger partial charge on any atom is 0.260 e. The van der Waals surface area contributed by atoms with E-state index in [2.05, 4.69) is 5.32 Å². The summed E-state index contributed by atoms with van der Waals surface area (Å²) >= 11 is 0. The van der Waals surface area contributed by atoms with E-state index < -0.39 is 0 Å². The fraction of sp³-hybridized carbons (Fsp3) is 0.588. The van der Waals surface area contributed by atoms with E-state index in [4.69, 9.17) is 18.9 Å². The summed E-state index contributed by atoms with van der Waals surface area (Å²) in [5, 5.41) is 2.17. The first-order valence-corrected chi connectivity index (χ1v) is 8.20. The van der Waals surface area contributed by atoms with E-state index in [0.717, 1.165) is 25.3 Å². The van der Waals surface area contributed by atoms with Crippen molar-refractivity contribution in [3.05, 3.63) is 23.8 Å². The van der Waals surface area contributed by atoms with Crippen LogP contribution in [0.25, 0.3) is 0 Å². The van der Waals surface area contributed by atoms with Crippen molar-refractivity contribution in [2.45, 2.75) is 6.54 Å². The van der Waals surface area contributed by atoms with E-state index in [0.29, 0.717) is 37.8 Å². The lowest BCUT2D eigenvalue weighted by Crippen LogP contribution is -2.83. The molecule has 1 aliphatic rings. The minimum atomic E-state index is -0.0303. The summed E-state index contributed by atoms with van der Waals surface area (Å²) in [6.45, 7) is 4.90. The average molecular weight is 339 g/mol. The molecule has 1 aromatic rings. The summed E-state index contributed by atoms with van der Waals surface area (Å²) in [5.74, 6) is 1.19. The van der Waals surface area contributed by atoms with Crippen molar-refractivity contribution >= 4 is 5.91 Å². The van der Waals surface area contributed by atoms with Crippen LogP contribution in [0, 0.1) is 0 Å². The lowest BCUT2D eigenvalue weighted by atomic mass is 10.2. The molecule has 1 aromatic carbocycles. The molecule has 134 valence electrons. The second kappa shape index (κ2) is 10.1. The number of nitrogens with two attached hydrogens (primary N) is 1. The van der Waals surface area contributed by atoms with E-state index in [9.17, 15) is 4.79 Å². The minimum absolute atomic E-state index is 0.00959. The summed E-state index contributed by atoms with van der Waals surface area (Å²) in [6, 6.07) is 5.78. The van der Waals surface area contributed by atoms with Crippen molar-refractivity contribution in [1.29, 1.82) is 0 Å². The number of rotatable bonds is 9. The summed E-state index contributed by atoms with van der Waals surface area (Å²) in [4.78, 5) is 13.9. The summed E-state index contributed by atoms with van der Waals surface area (Å²) in [7, 11) is 3.30. The first kappa shape index (κ1) is 18.5. The lowest BCUT2D eigenvalue weighted by molar-refractivity contribution is -0.671. The zero-order chi connectivity index (χ0) is 17.2. The molecule has 0 bridgehead atoms. The molecule has 7 heteroatoms. The summed E-state index contributed by atoms with van der Waals surface area (Å²) < 4.78 is 21.3. The number of hydrogen-bond acceptors (Lipinski definition) is 5. The number of methoxy groups -OCH3 is 2. The molecule has 24 heavy (non-hydrogen) atoms. The van der Waals surface area contributed by atoms with Gasteiger partial charge in [-0.3, -0.25) is 4.79 Å². The van der Waals surface area contributed by atoms with E-state index in [1.165, 1.54) is 0 Å². The van der Waals surface area contributed by atoms with Crippen molar-refractivity contribution in [3.8, 4) is 11.5 Å². The van der Waals surface area contributed by atoms with Crippen LogP contribution in [-0.4, -0.2) is 71.1 Å². The first-order chi connectivity index (χ1) is 11.7. The van der Waals surface area contributed by atoms with Gasteiger partial charge < -0.3 is 29.2 Å². The van der Waals surface area contributed by atoms with Gasteiger partial charge >= 0.3 is 0 Å². The molecule has 0 atom stereocenters. The molecule has 0 aliphatic carbocycles. The Balaban J connectivity index is 1.86. The highest BCUT2D eigenvalue weighted by atomic mass is 16.5. The normalized spacial score (nSPS) is 14.5. The van der Waals surface area contributed by atoms with Crippen LogP contribution in [0.1, 0.15) is 5.56 Å². The summed E-state index contributed by atoms with van der Waals surface area (Å²) in [5.41, 5.74) is 1.13. The Kier molecular flexibility index (Phi) is 7.81. The molecule has 1 heterocycles. The molecule has 1 saturated heterocycles. The topological polar surface area (TPSA) is 73.8 Å². The van der Waals surface area contributed by atoms with Gasteiger partial charge in [0.1, 0.15) is 6.54 Å². The van der Waals surface area contributed by atoms with Crippen molar-refractivity contribution < 1.29 is 29.1 Å². The lowest BCUT2D eigenvalue weighted by Gasteiger charge is -2.26. The van der Waals surface area contributed by atoms with Crippen LogP contribution in [0.3, 0.4) is 0 Å². The standard InChI is InChI=1S/C17H26N2O5/c1-21-8-5-18-12-14-3-4-15(16(11-14)22-2)24-13-17(20)19-6-9-23-10-7-19/h3-4,11,18H,5-10,12-13H2,1-2H3/p+1. The Morgan fingerprint density at radius 2 is 2.04 bits per heavy atom. The summed E-state index contributed by atoms with van der Waals surface area (Å²) in [6.07, 6.45) is 0. The molecule has 0 spiro atoms. The second-order valence-electron chi connectivity index (χ2n) is 5.54. The van der Waals surface area contributed by atoms with E-state index >= 15 is 0 Å². The van der Waals surface area contributed by atoms with Crippen LogP contribution in [0.5, 0.6) is 11.5 Å². The molecule has 1 aliphatic heterocycles. The van der Waals surface area contributed by atoms with Gasteiger partial charge in [-0.05, 0) is 18.2 Å². The van der Waals surface area contributed by atoms with E-state index in [-0.39, 0.29) is 12.5 Å². The highest BCUT2D eigenvalue weighted by Crippen LogP contribution is 2.27. The van der Waals surface area contributed by atoms with Crippen molar-refractivity contribution in [2.24, 2.45) is 0 Å². The fourth-order valence-electron chi connectivity index (χ4n) is 2.47. The van der Waals surface area contributed by atoms with Crippen LogP contribution >= 0.6 is 0 Å². The monoisotopic (exact) mass is 339 g/mol. The Labute approximate surface area is 142 Å². The van der Waals surface area contributed by atoms with Crippen LogP contribution in [0.4, 0.5) is 0 Å². The smallest absolute Gasteiger partial charge is 0.260 e. The van der Waals surface area contributed by atoms with Crippen LogP contribution in [0.15, 0.2) is 18.2 Å². The van der Waals surface area contributed by atoms with Gasteiger partial charge in [-0.1, -0.05) is 0 Å². The molecule has 1 fully saturated rings. The number of hydrogen-bond donors (Lipinski definition) is 1. The second-order valence-corrected chi connectivity index (χ2v) is 5.54. The molecule has 0 saturated carbocycles. The number of carbonyl (C=O) groups is 1. The average Bonchev–Trinajstić information content (AvgIpc) is 2.64. The molecule has 0 aromatic heterocycles. The van der Waals surface area contributed by atoms with Crippen molar-refractivity contribution in [2.75, 3.05) is 60.3 Å². The predicted octanol–water partition coefficient (Wildman–Crippen LogP) is -0.357. The van der Waals surface area contributed by atoms with Gasteiger partial charge in [-0.2, -0.15) is 0 Å². The number of morpholine rings is 1. The number of carbonyl (C=O) groups excluding carboxylic acids is 1. The third kappa shape index (κ3) is 5.67. The molecular formula is C17H27N2O5+. The highest BCUT2D eigenvalue weighted by Gasteiger charge is 2.18. The van der Waals surface area contributed by atoms with Gasteiger partial charge in [0.2, 0.25) is 0 Å². The zero-order valence-electron chi connectivity index (χ0n) is 14.5. The van der Waals surface area contributed by atoms with Crippen molar-refractivity contribution in [3.63, 3.8) is 0 Å². The molecular weight excluding hydrogens is 312 g/mol. The maximum atomic E-state index is 12.1. The van der Waals surface area contributed by atoms with Crippen LogP contribution < -0.4 is 14.8 Å². The molecule has 2 N–H and O–H groups in total. The zero-order valence-corrected chi connectivity index (χ0v) is 14.5.